The first-order chi connectivity index (χ1) is 11.7. The van der Waals surface area contributed by atoms with Crippen LogP contribution in [0.4, 0.5) is 16.3 Å². The fourth-order valence-electron chi connectivity index (χ4n) is 2.83. The molecule has 2 rings (SSSR count). The molecule has 0 unspecified atom stereocenters. The Hall–Kier alpha value is -2.36. The summed E-state index contributed by atoms with van der Waals surface area (Å²) >= 11 is 0. The molecule has 0 bridgehead atoms. The molecule has 2 N–H and O–H groups in total. The van der Waals surface area contributed by atoms with Crippen molar-refractivity contribution in [3.63, 3.8) is 0 Å². The molecule has 0 spiro atoms. The van der Waals surface area contributed by atoms with Crippen molar-refractivity contribution in [2.24, 2.45) is 13.0 Å². The Bertz CT molecular complexity index is 616. The summed E-state index contributed by atoms with van der Waals surface area (Å²) in [5.74, 6) is 0.918. The largest absolute Gasteiger partial charge is 0.443 e. The van der Waals surface area contributed by atoms with Gasteiger partial charge in [0.05, 0.1) is 4.92 Å². The van der Waals surface area contributed by atoms with E-state index in [1.807, 2.05) is 4.90 Å². The Kier molecular flexibility index (Phi) is 5.83. The summed E-state index contributed by atoms with van der Waals surface area (Å²) < 4.78 is 6.69. The number of rotatable bonds is 5. The number of hydrazine groups is 1. The lowest BCUT2D eigenvalue weighted by Gasteiger charge is -2.32. The first-order valence-corrected chi connectivity index (χ1v) is 8.30. The predicted octanol–water partition coefficient (Wildman–Crippen LogP) is 1.57. The number of nitrogens with zero attached hydrogens (tertiary/aromatic N) is 4. The maximum Gasteiger partial charge on any atom is 0.422 e. The third kappa shape index (κ3) is 5.31. The molecule has 0 aromatic carbocycles. The molecule has 0 radical (unpaired) electrons. The van der Waals surface area contributed by atoms with Crippen LogP contribution >= 0.6 is 0 Å². The predicted molar refractivity (Wildman–Crippen MR) is 92.2 cm³/mol. The highest BCUT2D eigenvalue weighted by Crippen LogP contribution is 2.30. The highest BCUT2D eigenvalue weighted by Gasteiger charge is 2.28. The van der Waals surface area contributed by atoms with Crippen molar-refractivity contribution in [1.82, 2.24) is 20.6 Å². The van der Waals surface area contributed by atoms with E-state index >= 15 is 0 Å². The van der Waals surface area contributed by atoms with E-state index in [9.17, 15) is 14.9 Å². The van der Waals surface area contributed by atoms with Gasteiger partial charge >= 0.3 is 11.8 Å². The first kappa shape index (κ1) is 19.0. The second-order valence-corrected chi connectivity index (χ2v) is 7.17. The van der Waals surface area contributed by atoms with Crippen LogP contribution in [-0.2, 0) is 11.8 Å². The van der Waals surface area contributed by atoms with Gasteiger partial charge in [0.15, 0.2) is 0 Å². The Balaban J connectivity index is 1.78. The zero-order valence-electron chi connectivity index (χ0n) is 15.1. The molecule has 1 aliphatic rings. The van der Waals surface area contributed by atoms with Gasteiger partial charge in [0.25, 0.3) is 0 Å². The second-order valence-electron chi connectivity index (χ2n) is 7.17. The van der Waals surface area contributed by atoms with Gasteiger partial charge in [0.2, 0.25) is 5.82 Å². The van der Waals surface area contributed by atoms with Gasteiger partial charge in [-0.15, -0.1) is 0 Å². The van der Waals surface area contributed by atoms with Gasteiger partial charge < -0.3 is 9.64 Å². The number of anilines is 1. The van der Waals surface area contributed by atoms with E-state index < -0.39 is 16.6 Å². The van der Waals surface area contributed by atoms with Gasteiger partial charge in [0, 0.05) is 26.7 Å². The highest BCUT2D eigenvalue weighted by molar-refractivity contribution is 5.66. The Morgan fingerprint density at radius 1 is 1.44 bits per heavy atom. The van der Waals surface area contributed by atoms with Gasteiger partial charge in [-0.05, 0) is 39.5 Å². The van der Waals surface area contributed by atoms with E-state index in [-0.39, 0.29) is 5.69 Å². The number of aryl methyl sites for hydroxylation is 1. The molecular weight excluding hydrogens is 328 g/mol. The molecule has 0 saturated carbocycles. The molecule has 140 valence electrons. The minimum absolute atomic E-state index is 0.0330. The maximum atomic E-state index is 11.6. The average molecular weight is 354 g/mol. The van der Waals surface area contributed by atoms with Crippen molar-refractivity contribution in [1.29, 1.82) is 0 Å². The summed E-state index contributed by atoms with van der Waals surface area (Å²) in [4.78, 5) is 24.3. The van der Waals surface area contributed by atoms with Crippen LogP contribution in [0.1, 0.15) is 33.6 Å². The standard InChI is InChI=1S/C15H26N6O4/c1-15(2,3)25-14(22)18-16-9-11-5-7-20(8-6-11)13-12(21(23)24)10-17-19(13)4/h10-11,16H,5-9H2,1-4H3,(H,18,22). The zero-order chi connectivity index (χ0) is 18.6. The number of hydrogen-bond acceptors (Lipinski definition) is 7. The molecule has 0 aliphatic carbocycles. The fourth-order valence-corrected chi connectivity index (χ4v) is 2.83. The number of hydrogen-bond donors (Lipinski definition) is 2. The van der Waals surface area contributed by atoms with Crippen molar-refractivity contribution < 1.29 is 14.5 Å². The van der Waals surface area contributed by atoms with Crippen LogP contribution in [0, 0.1) is 16.0 Å². The van der Waals surface area contributed by atoms with Gasteiger partial charge in [-0.25, -0.2) is 14.9 Å². The third-order valence-electron chi connectivity index (χ3n) is 3.98. The van der Waals surface area contributed by atoms with Crippen LogP contribution in [0.3, 0.4) is 0 Å². The summed E-state index contributed by atoms with van der Waals surface area (Å²) in [7, 11) is 1.71. The minimum atomic E-state index is -0.533. The van der Waals surface area contributed by atoms with Crippen LogP contribution in [0.5, 0.6) is 0 Å². The Morgan fingerprint density at radius 2 is 2.08 bits per heavy atom. The van der Waals surface area contributed by atoms with Gasteiger partial charge in [-0.3, -0.25) is 15.5 Å². The number of carbonyl (C=O) groups excluding carboxylic acids is 1. The van der Waals surface area contributed by atoms with Crippen molar-refractivity contribution >= 4 is 17.6 Å². The molecule has 1 aromatic rings. The van der Waals surface area contributed by atoms with E-state index in [1.54, 1.807) is 32.5 Å². The highest BCUT2D eigenvalue weighted by atomic mass is 16.6. The SMILES string of the molecule is Cn1ncc([N+](=O)[O-])c1N1CCC(CNNC(=O)OC(C)(C)C)CC1. The number of amides is 1. The molecule has 1 amide bonds. The van der Waals surface area contributed by atoms with Gasteiger partial charge in [-0.1, -0.05) is 0 Å². The van der Waals surface area contributed by atoms with Gasteiger partial charge in [0.1, 0.15) is 11.8 Å². The number of piperidine rings is 1. The van der Waals surface area contributed by atoms with E-state index in [4.69, 9.17) is 4.74 Å². The molecule has 1 aromatic heterocycles. The number of carbonyl (C=O) groups is 1. The third-order valence-corrected chi connectivity index (χ3v) is 3.98. The summed E-state index contributed by atoms with van der Waals surface area (Å²) in [6.45, 7) is 7.46. The summed E-state index contributed by atoms with van der Waals surface area (Å²) in [6.07, 6.45) is 2.51. The molecule has 1 fully saturated rings. The second kappa shape index (κ2) is 7.68. The summed E-state index contributed by atoms with van der Waals surface area (Å²) in [6, 6.07) is 0. The maximum absolute atomic E-state index is 11.6. The monoisotopic (exact) mass is 354 g/mol. The Labute approximate surface area is 146 Å². The molecule has 1 aliphatic heterocycles. The fraction of sp³-hybridized carbons (Fsp3) is 0.733. The Morgan fingerprint density at radius 3 is 2.64 bits per heavy atom. The van der Waals surface area contributed by atoms with Crippen LogP contribution in [0.2, 0.25) is 0 Å². The molecule has 10 heteroatoms. The van der Waals surface area contributed by atoms with Gasteiger partial charge in [-0.2, -0.15) is 5.10 Å². The van der Waals surface area contributed by atoms with E-state index in [1.165, 1.54) is 6.20 Å². The number of nitro groups is 1. The smallest absolute Gasteiger partial charge is 0.422 e. The van der Waals surface area contributed by atoms with E-state index in [0.29, 0.717) is 31.4 Å². The molecular formula is C15H26N6O4. The van der Waals surface area contributed by atoms with E-state index in [0.717, 1.165) is 12.8 Å². The number of ether oxygens (including phenoxy) is 1. The molecule has 0 atom stereocenters. The van der Waals surface area contributed by atoms with Crippen LogP contribution in [-0.4, -0.2) is 46.0 Å². The van der Waals surface area contributed by atoms with Crippen LogP contribution in [0.25, 0.3) is 0 Å². The first-order valence-electron chi connectivity index (χ1n) is 8.30. The quantitative estimate of drug-likeness (QED) is 0.609. The molecule has 25 heavy (non-hydrogen) atoms. The molecule has 2 heterocycles. The molecule has 10 nitrogen and oxygen atoms in total. The van der Waals surface area contributed by atoms with Crippen molar-refractivity contribution in [2.45, 2.75) is 39.2 Å². The summed E-state index contributed by atoms with van der Waals surface area (Å²) in [5.41, 5.74) is 4.93. The van der Waals surface area contributed by atoms with Crippen LogP contribution < -0.4 is 15.8 Å². The van der Waals surface area contributed by atoms with Crippen molar-refractivity contribution in [3.8, 4) is 0 Å². The lowest BCUT2D eigenvalue weighted by Crippen LogP contribution is -2.45. The minimum Gasteiger partial charge on any atom is -0.443 e. The van der Waals surface area contributed by atoms with Crippen LogP contribution in [0.15, 0.2) is 6.20 Å². The van der Waals surface area contributed by atoms with Crippen molar-refractivity contribution in [2.75, 3.05) is 24.5 Å². The lowest BCUT2D eigenvalue weighted by molar-refractivity contribution is -0.384. The van der Waals surface area contributed by atoms with Crippen molar-refractivity contribution in [3.05, 3.63) is 16.3 Å². The number of nitrogens with one attached hydrogen (secondary N) is 2. The molecule has 1 saturated heterocycles. The lowest BCUT2D eigenvalue weighted by atomic mass is 9.97. The van der Waals surface area contributed by atoms with E-state index in [2.05, 4.69) is 16.0 Å². The zero-order valence-corrected chi connectivity index (χ0v) is 15.1. The topological polar surface area (TPSA) is 115 Å². The number of aromatic nitrogens is 2. The summed E-state index contributed by atoms with van der Waals surface area (Å²) in [5, 5.41) is 15.1. The normalized spacial score (nSPS) is 15.9. The average Bonchev–Trinajstić information content (AvgIpc) is 2.88.